The van der Waals surface area contributed by atoms with Crippen LogP contribution in [0, 0.1) is 12.7 Å². The van der Waals surface area contributed by atoms with Gasteiger partial charge in [-0.05, 0) is 26.8 Å². The number of carbonyl (C=O) groups excluding carboxylic acids is 1. The molecule has 1 aromatic heterocycles. The van der Waals surface area contributed by atoms with Crippen molar-refractivity contribution in [3.8, 4) is 5.75 Å². The predicted octanol–water partition coefficient (Wildman–Crippen LogP) is 2.64. The van der Waals surface area contributed by atoms with Gasteiger partial charge < -0.3 is 14.6 Å². The summed E-state index contributed by atoms with van der Waals surface area (Å²) < 4.78 is 24.1. The highest BCUT2D eigenvalue weighted by atomic mass is 19.1. The number of hydrogen-bond acceptors (Lipinski definition) is 5. The summed E-state index contributed by atoms with van der Waals surface area (Å²) in [5.74, 6) is 0.114. The van der Waals surface area contributed by atoms with Crippen molar-refractivity contribution in [2.75, 3.05) is 11.9 Å². The predicted molar refractivity (Wildman–Crippen MR) is 83.7 cm³/mol. The molecule has 2 N–H and O–H groups in total. The van der Waals surface area contributed by atoms with Crippen molar-refractivity contribution in [1.29, 1.82) is 0 Å². The first-order valence-electron chi connectivity index (χ1n) is 7.38. The van der Waals surface area contributed by atoms with Crippen LogP contribution >= 0.6 is 0 Å². The Hall–Kier alpha value is -2.41. The highest BCUT2D eigenvalue weighted by molar-refractivity contribution is 5.93. The van der Waals surface area contributed by atoms with Crippen molar-refractivity contribution in [3.63, 3.8) is 0 Å². The molecule has 0 aliphatic rings. The number of halogens is 1. The fourth-order valence-electron chi connectivity index (χ4n) is 1.94. The number of nitrogens with zero attached hydrogens (tertiary/aromatic N) is 1. The smallest absolute Gasteiger partial charge is 0.243 e. The number of hydrogen-bond donors (Lipinski definition) is 2. The van der Waals surface area contributed by atoms with Gasteiger partial charge in [0.25, 0.3) is 0 Å². The number of rotatable bonds is 7. The molecule has 1 aromatic carbocycles. The maximum atomic E-state index is 13.9. The first-order valence-corrected chi connectivity index (χ1v) is 7.38. The Morgan fingerprint density at radius 1 is 1.43 bits per heavy atom. The second kappa shape index (κ2) is 7.73. The van der Waals surface area contributed by atoms with Crippen molar-refractivity contribution < 1.29 is 18.4 Å². The van der Waals surface area contributed by atoms with Crippen LogP contribution in [0.4, 0.5) is 10.3 Å². The van der Waals surface area contributed by atoms with Gasteiger partial charge in [-0.1, -0.05) is 11.2 Å². The average molecular weight is 321 g/mol. The second-order valence-corrected chi connectivity index (χ2v) is 5.11. The van der Waals surface area contributed by atoms with Gasteiger partial charge >= 0.3 is 0 Å². The van der Waals surface area contributed by atoms with Gasteiger partial charge in [0.1, 0.15) is 11.6 Å². The van der Waals surface area contributed by atoms with Crippen molar-refractivity contribution in [1.82, 2.24) is 10.5 Å². The highest BCUT2D eigenvalue weighted by Gasteiger charge is 2.15. The van der Waals surface area contributed by atoms with Crippen LogP contribution in [0.2, 0.25) is 0 Å². The Labute approximate surface area is 134 Å². The molecular formula is C16H20FN3O3. The monoisotopic (exact) mass is 321 g/mol. The van der Waals surface area contributed by atoms with Gasteiger partial charge in [-0.25, -0.2) is 4.39 Å². The molecule has 0 aliphatic heterocycles. The molecular weight excluding hydrogens is 301 g/mol. The number of aromatic nitrogens is 1. The lowest BCUT2D eigenvalue weighted by atomic mass is 10.2. The van der Waals surface area contributed by atoms with E-state index in [1.807, 2.05) is 6.92 Å². The SMILES string of the molecule is CCOc1ccc(CNC(C)C(=O)Nc2cc(C)no2)c(F)c1. The molecule has 124 valence electrons. The molecule has 2 aromatic rings. The second-order valence-electron chi connectivity index (χ2n) is 5.11. The van der Waals surface area contributed by atoms with E-state index in [-0.39, 0.29) is 24.2 Å². The fraction of sp³-hybridized carbons (Fsp3) is 0.375. The normalized spacial score (nSPS) is 12.0. The Bertz CT molecular complexity index is 672. The molecule has 0 saturated carbocycles. The molecule has 0 radical (unpaired) electrons. The Balaban J connectivity index is 1.88. The zero-order valence-corrected chi connectivity index (χ0v) is 13.4. The minimum absolute atomic E-state index is 0.224. The molecule has 23 heavy (non-hydrogen) atoms. The van der Waals surface area contributed by atoms with E-state index >= 15 is 0 Å². The summed E-state index contributed by atoms with van der Waals surface area (Å²) in [5.41, 5.74) is 1.14. The minimum atomic E-state index is -0.522. The maximum Gasteiger partial charge on any atom is 0.243 e. The number of carbonyl (C=O) groups is 1. The molecule has 1 heterocycles. The Morgan fingerprint density at radius 3 is 2.83 bits per heavy atom. The molecule has 1 unspecified atom stereocenters. The van der Waals surface area contributed by atoms with E-state index in [1.54, 1.807) is 32.0 Å². The first-order chi connectivity index (χ1) is 11.0. The van der Waals surface area contributed by atoms with E-state index in [0.29, 0.717) is 23.6 Å². The number of anilines is 1. The number of benzene rings is 1. The Morgan fingerprint density at radius 2 is 2.22 bits per heavy atom. The minimum Gasteiger partial charge on any atom is -0.494 e. The number of amides is 1. The van der Waals surface area contributed by atoms with Crippen LogP contribution in [0.25, 0.3) is 0 Å². The molecule has 2 rings (SSSR count). The number of nitrogens with one attached hydrogen (secondary N) is 2. The fourth-order valence-corrected chi connectivity index (χ4v) is 1.94. The van der Waals surface area contributed by atoms with Gasteiger partial charge in [0.2, 0.25) is 11.8 Å². The van der Waals surface area contributed by atoms with E-state index in [1.165, 1.54) is 6.07 Å². The highest BCUT2D eigenvalue weighted by Crippen LogP contribution is 2.17. The summed E-state index contributed by atoms with van der Waals surface area (Å²) in [6.07, 6.45) is 0. The lowest BCUT2D eigenvalue weighted by Gasteiger charge is -2.13. The van der Waals surface area contributed by atoms with Gasteiger partial charge in [0, 0.05) is 24.2 Å². The van der Waals surface area contributed by atoms with Crippen molar-refractivity contribution in [2.45, 2.75) is 33.4 Å². The zero-order valence-electron chi connectivity index (χ0n) is 13.4. The molecule has 1 atom stereocenters. The summed E-state index contributed by atoms with van der Waals surface area (Å²) in [6.45, 7) is 5.99. The molecule has 0 aliphatic carbocycles. The largest absolute Gasteiger partial charge is 0.494 e. The quantitative estimate of drug-likeness (QED) is 0.820. The molecule has 7 heteroatoms. The zero-order chi connectivity index (χ0) is 16.8. The number of aryl methyl sites for hydroxylation is 1. The van der Waals surface area contributed by atoms with Crippen LogP contribution in [0.3, 0.4) is 0 Å². The van der Waals surface area contributed by atoms with Crippen LogP contribution < -0.4 is 15.4 Å². The summed E-state index contributed by atoms with van der Waals surface area (Å²) in [4.78, 5) is 12.0. The molecule has 1 amide bonds. The van der Waals surface area contributed by atoms with Crippen molar-refractivity contribution in [3.05, 3.63) is 41.3 Å². The molecule has 0 saturated heterocycles. The van der Waals surface area contributed by atoms with E-state index in [0.717, 1.165) is 0 Å². The van der Waals surface area contributed by atoms with Crippen LogP contribution in [-0.2, 0) is 11.3 Å². The average Bonchev–Trinajstić information content (AvgIpc) is 2.91. The molecule has 0 bridgehead atoms. The molecule has 0 spiro atoms. The summed E-state index contributed by atoms with van der Waals surface area (Å²) in [7, 11) is 0. The van der Waals surface area contributed by atoms with Gasteiger partial charge in [-0.2, -0.15) is 0 Å². The lowest BCUT2D eigenvalue weighted by molar-refractivity contribution is -0.117. The van der Waals surface area contributed by atoms with Gasteiger partial charge in [0.05, 0.1) is 18.3 Å². The van der Waals surface area contributed by atoms with Gasteiger partial charge in [-0.3, -0.25) is 10.1 Å². The topological polar surface area (TPSA) is 76.4 Å². The van der Waals surface area contributed by atoms with E-state index in [2.05, 4.69) is 15.8 Å². The standard InChI is InChI=1S/C16H20FN3O3/c1-4-22-13-6-5-12(14(17)8-13)9-18-11(3)16(21)19-15-7-10(2)20-23-15/h5-8,11,18H,4,9H2,1-3H3,(H,19,21). The molecule has 6 nitrogen and oxygen atoms in total. The first kappa shape index (κ1) is 17.0. The third-order valence-electron chi connectivity index (χ3n) is 3.20. The third-order valence-corrected chi connectivity index (χ3v) is 3.20. The lowest BCUT2D eigenvalue weighted by Crippen LogP contribution is -2.37. The van der Waals surface area contributed by atoms with Crippen LogP contribution in [0.5, 0.6) is 5.75 Å². The van der Waals surface area contributed by atoms with E-state index in [9.17, 15) is 9.18 Å². The van der Waals surface area contributed by atoms with Crippen LogP contribution in [-0.4, -0.2) is 23.7 Å². The van der Waals surface area contributed by atoms with Crippen LogP contribution in [0.15, 0.2) is 28.8 Å². The van der Waals surface area contributed by atoms with Gasteiger partial charge in [-0.15, -0.1) is 0 Å². The number of ether oxygens (including phenoxy) is 1. The van der Waals surface area contributed by atoms with Crippen molar-refractivity contribution in [2.24, 2.45) is 0 Å². The van der Waals surface area contributed by atoms with Crippen molar-refractivity contribution >= 4 is 11.8 Å². The van der Waals surface area contributed by atoms with E-state index in [4.69, 9.17) is 9.26 Å². The van der Waals surface area contributed by atoms with E-state index < -0.39 is 6.04 Å². The summed E-state index contributed by atoms with van der Waals surface area (Å²) in [6, 6.07) is 5.77. The molecule has 0 fully saturated rings. The maximum absolute atomic E-state index is 13.9. The third kappa shape index (κ3) is 4.79. The Kier molecular flexibility index (Phi) is 5.70. The summed E-state index contributed by atoms with van der Waals surface area (Å²) >= 11 is 0. The van der Waals surface area contributed by atoms with Gasteiger partial charge in [0.15, 0.2) is 0 Å². The summed E-state index contributed by atoms with van der Waals surface area (Å²) in [5, 5.41) is 9.24. The van der Waals surface area contributed by atoms with Crippen LogP contribution in [0.1, 0.15) is 25.1 Å².